The lowest BCUT2D eigenvalue weighted by molar-refractivity contribution is 1.39. The third-order valence-corrected chi connectivity index (χ3v) is 1.16. The van der Waals surface area contributed by atoms with Gasteiger partial charge in [-0.1, -0.05) is 32.1 Å². The van der Waals surface area contributed by atoms with E-state index in [1.807, 2.05) is 26.0 Å². The van der Waals surface area contributed by atoms with Crippen LogP contribution in [0.25, 0.3) is 0 Å². The highest BCUT2D eigenvalue weighted by molar-refractivity contribution is 6.44. The summed E-state index contributed by atoms with van der Waals surface area (Å²) < 4.78 is 0. The zero-order valence-electron chi connectivity index (χ0n) is 7.02. The second-order valence-electron chi connectivity index (χ2n) is 1.88. The molecule has 0 amide bonds. The van der Waals surface area contributed by atoms with Crippen LogP contribution in [0.1, 0.15) is 20.3 Å². The molecule has 1 rings (SSSR count). The largest absolute Gasteiger partial charge is 0.303 e. The molecule has 1 aliphatic carbocycles. The van der Waals surface area contributed by atoms with Gasteiger partial charge in [0.1, 0.15) is 0 Å². The molecule has 0 heterocycles. The predicted octanol–water partition coefficient (Wildman–Crippen LogP) is 2.57. The van der Waals surface area contributed by atoms with Crippen molar-refractivity contribution in [2.45, 2.75) is 20.3 Å². The Bertz CT molecular complexity index is 200. The van der Waals surface area contributed by atoms with E-state index in [0.717, 1.165) is 0 Å². The van der Waals surface area contributed by atoms with E-state index in [2.05, 4.69) is 0 Å². The average Bonchev–Trinajstić information content (AvgIpc) is 2.22. The van der Waals surface area contributed by atoms with E-state index in [1.54, 1.807) is 12.2 Å². The summed E-state index contributed by atoms with van der Waals surface area (Å²) in [6.07, 6.45) is 7.73. The van der Waals surface area contributed by atoms with Crippen LogP contribution in [-0.4, -0.2) is 11.4 Å². The van der Waals surface area contributed by atoms with E-state index in [1.165, 1.54) is 0 Å². The summed E-state index contributed by atoms with van der Waals surface area (Å²) >= 11 is 0. The molecule has 0 bridgehead atoms. The van der Waals surface area contributed by atoms with Gasteiger partial charge in [0.05, 0.1) is 11.4 Å². The van der Waals surface area contributed by atoms with E-state index in [0.29, 0.717) is 17.8 Å². The fourth-order valence-electron chi connectivity index (χ4n) is 0.627. The molecule has 0 fully saturated rings. The van der Waals surface area contributed by atoms with Gasteiger partial charge < -0.3 is 5.41 Å². The molecular weight excluding hydrogens is 136 g/mol. The standard InChI is InChI=1S/C7H8N2.C2H6/c8-6-4-2-1-3-5-7(6)9;1-2/h1-4,8-9H,5H2;1-2H3. The van der Waals surface area contributed by atoms with Gasteiger partial charge in [-0.05, 0) is 6.08 Å². The van der Waals surface area contributed by atoms with Crippen LogP contribution in [0.4, 0.5) is 0 Å². The monoisotopic (exact) mass is 150 g/mol. The van der Waals surface area contributed by atoms with Crippen LogP contribution in [0, 0.1) is 10.8 Å². The number of allylic oxidation sites excluding steroid dienone is 4. The molecule has 1 aliphatic rings. The fourth-order valence-corrected chi connectivity index (χ4v) is 0.627. The van der Waals surface area contributed by atoms with Gasteiger partial charge in [-0.2, -0.15) is 0 Å². The highest BCUT2D eigenvalue weighted by Crippen LogP contribution is 1.95. The van der Waals surface area contributed by atoms with E-state index in [4.69, 9.17) is 10.8 Å². The van der Waals surface area contributed by atoms with Crippen molar-refractivity contribution in [2.24, 2.45) is 0 Å². The Morgan fingerprint density at radius 1 is 1.18 bits per heavy atom. The maximum atomic E-state index is 7.21. The zero-order valence-corrected chi connectivity index (χ0v) is 7.02. The van der Waals surface area contributed by atoms with Gasteiger partial charge in [-0.15, -0.1) is 0 Å². The Labute approximate surface area is 67.7 Å². The topological polar surface area (TPSA) is 47.7 Å². The van der Waals surface area contributed by atoms with E-state index < -0.39 is 0 Å². The lowest BCUT2D eigenvalue weighted by atomic mass is 10.2. The molecule has 0 aromatic heterocycles. The van der Waals surface area contributed by atoms with Crippen LogP contribution in [0.15, 0.2) is 24.3 Å². The summed E-state index contributed by atoms with van der Waals surface area (Å²) in [6.45, 7) is 4.00. The number of hydrogen-bond acceptors (Lipinski definition) is 2. The minimum absolute atomic E-state index is 0.319. The first-order chi connectivity index (χ1) is 5.30. The van der Waals surface area contributed by atoms with Crippen LogP contribution in [0.2, 0.25) is 0 Å². The highest BCUT2D eigenvalue weighted by Gasteiger charge is 1.99. The third-order valence-electron chi connectivity index (χ3n) is 1.16. The van der Waals surface area contributed by atoms with Crippen LogP contribution in [0.5, 0.6) is 0 Å². The van der Waals surface area contributed by atoms with E-state index >= 15 is 0 Å². The Morgan fingerprint density at radius 3 is 2.45 bits per heavy atom. The van der Waals surface area contributed by atoms with Crippen molar-refractivity contribution in [2.75, 3.05) is 0 Å². The van der Waals surface area contributed by atoms with Crippen LogP contribution in [0.3, 0.4) is 0 Å². The minimum atomic E-state index is 0.319. The summed E-state index contributed by atoms with van der Waals surface area (Å²) in [4.78, 5) is 0. The molecular formula is C9H14N2. The van der Waals surface area contributed by atoms with Gasteiger partial charge in [0.25, 0.3) is 0 Å². The number of hydrogen-bond donors (Lipinski definition) is 2. The molecule has 0 saturated carbocycles. The van der Waals surface area contributed by atoms with Gasteiger partial charge in [0.15, 0.2) is 0 Å². The Balaban J connectivity index is 0.000000461. The van der Waals surface area contributed by atoms with Crippen molar-refractivity contribution in [1.82, 2.24) is 0 Å². The lowest BCUT2D eigenvalue weighted by Gasteiger charge is -1.92. The number of rotatable bonds is 0. The molecule has 0 spiro atoms. The summed E-state index contributed by atoms with van der Waals surface area (Å²) in [5, 5.41) is 14.4. The minimum Gasteiger partial charge on any atom is -0.303 e. The summed E-state index contributed by atoms with van der Waals surface area (Å²) in [5.41, 5.74) is 0.708. The first-order valence-corrected chi connectivity index (χ1v) is 3.80. The van der Waals surface area contributed by atoms with Gasteiger partial charge in [-0.3, -0.25) is 5.41 Å². The second-order valence-corrected chi connectivity index (χ2v) is 1.88. The highest BCUT2D eigenvalue weighted by atomic mass is 14.5. The molecule has 0 unspecified atom stereocenters. The molecule has 2 heteroatoms. The molecule has 60 valence electrons. The molecule has 0 aromatic rings. The first kappa shape index (κ1) is 9.82. The lowest BCUT2D eigenvalue weighted by Crippen LogP contribution is -2.05. The van der Waals surface area contributed by atoms with Crippen molar-refractivity contribution in [1.29, 1.82) is 10.8 Å². The Kier molecular flexibility index (Phi) is 4.99. The molecule has 11 heavy (non-hydrogen) atoms. The summed E-state index contributed by atoms with van der Waals surface area (Å²) in [6, 6.07) is 0. The Morgan fingerprint density at radius 2 is 1.82 bits per heavy atom. The van der Waals surface area contributed by atoms with Crippen molar-refractivity contribution in [3.8, 4) is 0 Å². The second kappa shape index (κ2) is 5.59. The molecule has 0 saturated heterocycles. The molecule has 2 nitrogen and oxygen atoms in total. The van der Waals surface area contributed by atoms with Gasteiger partial charge >= 0.3 is 0 Å². The van der Waals surface area contributed by atoms with Crippen molar-refractivity contribution >= 4 is 11.4 Å². The molecule has 0 aliphatic heterocycles. The first-order valence-electron chi connectivity index (χ1n) is 3.80. The quantitative estimate of drug-likeness (QED) is 0.533. The average molecular weight is 150 g/mol. The molecule has 0 radical (unpaired) electrons. The molecule has 2 N–H and O–H groups in total. The number of nitrogens with one attached hydrogen (secondary N) is 2. The summed E-state index contributed by atoms with van der Waals surface area (Å²) in [7, 11) is 0. The fraction of sp³-hybridized carbons (Fsp3) is 0.333. The van der Waals surface area contributed by atoms with Crippen LogP contribution < -0.4 is 0 Å². The maximum absolute atomic E-state index is 7.21. The molecule has 0 aromatic carbocycles. The van der Waals surface area contributed by atoms with Gasteiger partial charge in [0.2, 0.25) is 0 Å². The zero-order chi connectivity index (χ0) is 8.69. The molecule has 0 atom stereocenters. The smallest absolute Gasteiger partial charge is 0.0750 e. The van der Waals surface area contributed by atoms with Gasteiger partial charge in [-0.25, -0.2) is 0 Å². The van der Waals surface area contributed by atoms with Crippen LogP contribution >= 0.6 is 0 Å². The Hall–Kier alpha value is -1.18. The van der Waals surface area contributed by atoms with Crippen molar-refractivity contribution < 1.29 is 0 Å². The van der Waals surface area contributed by atoms with E-state index in [9.17, 15) is 0 Å². The van der Waals surface area contributed by atoms with Gasteiger partial charge in [0, 0.05) is 6.42 Å². The predicted molar refractivity (Wildman–Crippen MR) is 49.7 cm³/mol. The van der Waals surface area contributed by atoms with E-state index in [-0.39, 0.29) is 0 Å². The SMILES string of the molecule is CC.N=C1C=CC=CCC1=N. The normalized spacial score (nSPS) is 15.5. The summed E-state index contributed by atoms with van der Waals surface area (Å²) in [5.74, 6) is 0. The van der Waals surface area contributed by atoms with Crippen molar-refractivity contribution in [3.63, 3.8) is 0 Å². The maximum Gasteiger partial charge on any atom is 0.0750 e. The van der Waals surface area contributed by atoms with Crippen molar-refractivity contribution in [3.05, 3.63) is 24.3 Å². The van der Waals surface area contributed by atoms with Crippen LogP contribution in [-0.2, 0) is 0 Å². The third kappa shape index (κ3) is 3.50.